The lowest BCUT2D eigenvalue weighted by atomic mass is 9.91. The maximum atomic E-state index is 11.7. The van der Waals surface area contributed by atoms with Gasteiger partial charge in [-0.2, -0.15) is 0 Å². The summed E-state index contributed by atoms with van der Waals surface area (Å²) in [4.78, 5) is 11.7. The number of aliphatic hydroxyl groups excluding tert-OH is 1. The van der Waals surface area contributed by atoms with Crippen molar-refractivity contribution in [3.63, 3.8) is 0 Å². The van der Waals surface area contributed by atoms with Crippen LogP contribution in [0.5, 0.6) is 5.75 Å². The van der Waals surface area contributed by atoms with Gasteiger partial charge in [-0.05, 0) is 51.1 Å². The van der Waals surface area contributed by atoms with Crippen LogP contribution < -0.4 is 4.74 Å². The number of hydrogen-bond donors (Lipinski definition) is 1. The van der Waals surface area contributed by atoms with Crippen molar-refractivity contribution in [2.75, 3.05) is 19.0 Å². The normalized spacial score (nSPS) is 26.4. The minimum absolute atomic E-state index is 0.00447. The van der Waals surface area contributed by atoms with Crippen molar-refractivity contribution in [1.29, 1.82) is 0 Å². The number of carbonyl (C=O) groups excluding carboxylic acids is 1. The fraction of sp³-hybridized carbons (Fsp3) is 0.667. The highest BCUT2D eigenvalue weighted by Gasteiger charge is 2.49. The summed E-state index contributed by atoms with van der Waals surface area (Å²) in [6.07, 6.45) is 5.26. The van der Waals surface area contributed by atoms with E-state index in [1.165, 1.54) is 5.56 Å². The fourth-order valence-corrected chi connectivity index (χ4v) is 5.07. The SMILES string of the molecule is CCOC(C)O.CCSC(C)O[C@@H]1C[C@@H]2OC(=O)C[C@@H]2C1/C=C/[C@@H](C)COc1cccc(C)c1. The van der Waals surface area contributed by atoms with Gasteiger partial charge in [0, 0.05) is 30.8 Å². The molecule has 0 amide bonds. The van der Waals surface area contributed by atoms with E-state index in [-0.39, 0.29) is 41.4 Å². The maximum Gasteiger partial charge on any atom is 0.306 e. The molecule has 0 spiro atoms. The largest absolute Gasteiger partial charge is 0.493 e. The average Bonchev–Trinajstić information content (AvgIpc) is 3.26. The zero-order valence-electron chi connectivity index (χ0n) is 21.4. The third kappa shape index (κ3) is 9.61. The Labute approximate surface area is 209 Å². The van der Waals surface area contributed by atoms with Crippen LogP contribution in [0.1, 0.15) is 53.0 Å². The van der Waals surface area contributed by atoms with Gasteiger partial charge in [0.1, 0.15) is 17.3 Å². The standard InChI is InChI=1S/C23H32O4S.C4H10O2/c1-5-28-17(4)26-21-13-22-20(12-23(24)27-22)19(21)10-9-16(3)14-25-18-8-6-7-15(2)11-18;1-3-6-4(2)5/h6-11,16-17,19-22H,5,12-14H2,1-4H3;4-5H,3H2,1-2H3/b10-9+;/t16-,17?,19?,20-,21-,22+;/m1./s1. The first-order chi connectivity index (χ1) is 16.2. The predicted octanol–water partition coefficient (Wildman–Crippen LogP) is 5.36. The van der Waals surface area contributed by atoms with Gasteiger partial charge in [0.25, 0.3) is 0 Å². The van der Waals surface area contributed by atoms with Gasteiger partial charge < -0.3 is 24.1 Å². The summed E-state index contributed by atoms with van der Waals surface area (Å²) >= 11 is 1.81. The highest BCUT2D eigenvalue weighted by Crippen LogP contribution is 2.44. The van der Waals surface area contributed by atoms with Gasteiger partial charge in [-0.3, -0.25) is 4.79 Å². The van der Waals surface area contributed by atoms with Crippen molar-refractivity contribution >= 4 is 17.7 Å². The van der Waals surface area contributed by atoms with E-state index in [9.17, 15) is 4.79 Å². The van der Waals surface area contributed by atoms with Crippen LogP contribution in [0, 0.1) is 24.7 Å². The molecule has 6 nitrogen and oxygen atoms in total. The molecular weight excluding hydrogens is 452 g/mol. The van der Waals surface area contributed by atoms with Crippen LogP contribution >= 0.6 is 11.8 Å². The molecule has 192 valence electrons. The van der Waals surface area contributed by atoms with Gasteiger partial charge in [0.05, 0.1) is 19.1 Å². The van der Waals surface area contributed by atoms with Crippen LogP contribution in [0.3, 0.4) is 0 Å². The summed E-state index contributed by atoms with van der Waals surface area (Å²) in [5.74, 6) is 2.60. The summed E-state index contributed by atoms with van der Waals surface area (Å²) < 4.78 is 22.3. The summed E-state index contributed by atoms with van der Waals surface area (Å²) in [6.45, 7) is 13.1. The lowest BCUT2D eigenvalue weighted by molar-refractivity contribution is -0.142. The summed E-state index contributed by atoms with van der Waals surface area (Å²) in [5, 5.41) is 8.33. The molecule has 1 aromatic carbocycles. The molecule has 1 N–H and O–H groups in total. The number of esters is 1. The van der Waals surface area contributed by atoms with Crippen molar-refractivity contribution in [3.8, 4) is 5.75 Å². The Morgan fingerprint density at radius 2 is 2.03 bits per heavy atom. The van der Waals surface area contributed by atoms with Crippen molar-refractivity contribution in [2.24, 2.45) is 17.8 Å². The van der Waals surface area contributed by atoms with Crippen LogP contribution in [0.4, 0.5) is 0 Å². The fourth-order valence-electron chi connectivity index (χ4n) is 4.38. The lowest BCUT2D eigenvalue weighted by Crippen LogP contribution is -2.25. The number of benzene rings is 1. The molecule has 1 saturated carbocycles. The Hall–Kier alpha value is -1.54. The third-order valence-corrected chi connectivity index (χ3v) is 6.80. The zero-order valence-corrected chi connectivity index (χ0v) is 22.3. The Morgan fingerprint density at radius 3 is 2.65 bits per heavy atom. The van der Waals surface area contributed by atoms with Gasteiger partial charge in [-0.15, -0.1) is 11.8 Å². The quantitative estimate of drug-likeness (QED) is 0.252. The molecule has 0 bridgehead atoms. The Bertz CT molecular complexity index is 767. The third-order valence-electron chi connectivity index (χ3n) is 5.89. The number of thioether (sulfide) groups is 1. The van der Waals surface area contributed by atoms with Crippen LogP contribution in [0.2, 0.25) is 0 Å². The van der Waals surface area contributed by atoms with E-state index in [0.29, 0.717) is 19.6 Å². The van der Waals surface area contributed by atoms with Crippen LogP contribution in [-0.4, -0.2) is 54.0 Å². The van der Waals surface area contributed by atoms with E-state index >= 15 is 0 Å². The number of hydrogen-bond acceptors (Lipinski definition) is 7. The van der Waals surface area contributed by atoms with E-state index in [4.69, 9.17) is 19.3 Å². The van der Waals surface area contributed by atoms with Crippen LogP contribution in [0.15, 0.2) is 36.4 Å². The minimum Gasteiger partial charge on any atom is -0.493 e. The molecule has 1 aliphatic carbocycles. The second-order valence-electron chi connectivity index (χ2n) is 8.95. The molecule has 7 atom stereocenters. The van der Waals surface area contributed by atoms with Crippen molar-refractivity contribution in [1.82, 2.24) is 0 Å². The van der Waals surface area contributed by atoms with Crippen molar-refractivity contribution in [2.45, 2.75) is 78.3 Å². The molecule has 1 aliphatic heterocycles. The smallest absolute Gasteiger partial charge is 0.306 e. The molecule has 2 fully saturated rings. The van der Waals surface area contributed by atoms with Crippen molar-refractivity contribution in [3.05, 3.63) is 42.0 Å². The summed E-state index contributed by atoms with van der Waals surface area (Å²) in [5.41, 5.74) is 1.35. The first-order valence-corrected chi connectivity index (χ1v) is 13.4. The molecule has 1 saturated heterocycles. The molecule has 0 radical (unpaired) electrons. The van der Waals surface area contributed by atoms with Gasteiger partial charge in [-0.1, -0.05) is 38.1 Å². The number of ether oxygens (including phenoxy) is 4. The number of rotatable bonds is 11. The lowest BCUT2D eigenvalue weighted by Gasteiger charge is -2.24. The maximum absolute atomic E-state index is 11.7. The Morgan fingerprint density at radius 1 is 1.26 bits per heavy atom. The Kier molecular flexibility index (Phi) is 12.5. The molecular formula is C27H42O6S. The van der Waals surface area contributed by atoms with Crippen molar-refractivity contribution < 1.29 is 28.8 Å². The van der Waals surface area contributed by atoms with Crippen LogP contribution in [0.25, 0.3) is 0 Å². The zero-order chi connectivity index (χ0) is 25.1. The second-order valence-corrected chi connectivity index (χ2v) is 10.5. The highest BCUT2D eigenvalue weighted by molar-refractivity contribution is 7.99. The summed E-state index contributed by atoms with van der Waals surface area (Å²) in [7, 11) is 0. The predicted molar refractivity (Wildman–Crippen MR) is 137 cm³/mol. The van der Waals surface area contributed by atoms with Gasteiger partial charge >= 0.3 is 5.97 Å². The molecule has 2 aliphatic rings. The first-order valence-electron chi connectivity index (χ1n) is 12.4. The molecule has 34 heavy (non-hydrogen) atoms. The summed E-state index contributed by atoms with van der Waals surface area (Å²) in [6, 6.07) is 8.12. The molecule has 1 heterocycles. The molecule has 0 aromatic heterocycles. The highest BCUT2D eigenvalue weighted by atomic mass is 32.2. The number of carbonyl (C=O) groups is 1. The van der Waals surface area contributed by atoms with Gasteiger partial charge in [0.15, 0.2) is 6.29 Å². The Balaban J connectivity index is 0.000000604. The van der Waals surface area contributed by atoms with E-state index in [1.54, 1.807) is 18.7 Å². The average molecular weight is 495 g/mol. The number of aliphatic hydroxyl groups is 1. The molecule has 3 rings (SSSR count). The number of aryl methyl sites for hydroxylation is 1. The first kappa shape index (κ1) is 28.7. The molecule has 7 heteroatoms. The van der Waals surface area contributed by atoms with E-state index < -0.39 is 6.29 Å². The van der Waals surface area contributed by atoms with E-state index in [0.717, 1.165) is 17.9 Å². The monoisotopic (exact) mass is 494 g/mol. The van der Waals surface area contributed by atoms with E-state index in [2.05, 4.69) is 56.7 Å². The van der Waals surface area contributed by atoms with Gasteiger partial charge in [0.2, 0.25) is 0 Å². The number of fused-ring (bicyclic) bond motifs is 1. The molecule has 3 unspecified atom stereocenters. The van der Waals surface area contributed by atoms with E-state index in [1.807, 2.05) is 19.1 Å². The van der Waals surface area contributed by atoms with Gasteiger partial charge in [-0.25, -0.2) is 0 Å². The molecule has 1 aromatic rings. The second kappa shape index (κ2) is 14.8. The van der Waals surface area contributed by atoms with Crippen LogP contribution in [-0.2, 0) is 19.0 Å². The minimum atomic E-state index is -0.602. The topological polar surface area (TPSA) is 74.2 Å².